The normalized spacial score (nSPS) is 11.7. The van der Waals surface area contributed by atoms with Crippen LogP contribution in [0.2, 0.25) is 0 Å². The second-order valence-corrected chi connectivity index (χ2v) is 6.47. The molecular weight excluding hydrogens is 276 g/mol. The van der Waals surface area contributed by atoms with Gasteiger partial charge in [0.15, 0.2) is 0 Å². The van der Waals surface area contributed by atoms with Crippen LogP contribution in [-0.2, 0) is 14.2 Å². The van der Waals surface area contributed by atoms with E-state index in [9.17, 15) is 9.59 Å². The molecule has 21 heavy (non-hydrogen) atoms. The van der Waals surface area contributed by atoms with Crippen LogP contribution in [0.5, 0.6) is 0 Å². The maximum absolute atomic E-state index is 11.3. The topological polar surface area (TPSA) is 85.9 Å². The molecule has 0 fully saturated rings. The molecule has 0 unspecified atom stereocenters. The highest BCUT2D eigenvalue weighted by Gasteiger charge is 2.16. The van der Waals surface area contributed by atoms with Gasteiger partial charge in [-0.15, -0.1) is 0 Å². The average molecular weight is 304 g/mol. The van der Waals surface area contributed by atoms with Crippen LogP contribution in [0.15, 0.2) is 0 Å². The van der Waals surface area contributed by atoms with Crippen molar-refractivity contribution in [1.82, 2.24) is 10.6 Å². The van der Waals surface area contributed by atoms with Crippen LogP contribution < -0.4 is 10.6 Å². The Morgan fingerprint density at radius 3 is 1.38 bits per heavy atom. The van der Waals surface area contributed by atoms with Gasteiger partial charge in [-0.25, -0.2) is 9.59 Å². The van der Waals surface area contributed by atoms with Gasteiger partial charge in [0.1, 0.15) is 11.2 Å². The molecule has 0 heterocycles. The van der Waals surface area contributed by atoms with E-state index in [1.807, 2.05) is 0 Å². The van der Waals surface area contributed by atoms with Crippen molar-refractivity contribution in [2.24, 2.45) is 0 Å². The van der Waals surface area contributed by atoms with E-state index < -0.39 is 23.4 Å². The van der Waals surface area contributed by atoms with Gasteiger partial charge in [0.05, 0.1) is 13.2 Å². The SMILES string of the molecule is CC(C)(C)OC(=O)NCCOCCNC(=O)OC(C)(C)C. The Bertz CT molecular complexity index is 299. The van der Waals surface area contributed by atoms with Gasteiger partial charge in [0, 0.05) is 13.1 Å². The van der Waals surface area contributed by atoms with E-state index >= 15 is 0 Å². The van der Waals surface area contributed by atoms with E-state index in [4.69, 9.17) is 14.2 Å². The summed E-state index contributed by atoms with van der Waals surface area (Å²) in [5.41, 5.74) is -1.02. The van der Waals surface area contributed by atoms with Gasteiger partial charge in [-0.3, -0.25) is 0 Å². The quantitative estimate of drug-likeness (QED) is 0.734. The standard InChI is InChI=1S/C14H28N2O5/c1-13(2,3)20-11(17)15-7-9-19-10-8-16-12(18)21-14(4,5)6/h7-10H2,1-6H3,(H,15,17)(H,16,18). The summed E-state index contributed by atoms with van der Waals surface area (Å²) in [4.78, 5) is 22.6. The number of nitrogens with one attached hydrogen (secondary N) is 2. The summed E-state index contributed by atoms with van der Waals surface area (Å²) in [6, 6.07) is 0. The summed E-state index contributed by atoms with van der Waals surface area (Å²) >= 11 is 0. The number of carbonyl (C=O) groups excluding carboxylic acids is 2. The number of hydrogen-bond acceptors (Lipinski definition) is 5. The molecule has 2 N–H and O–H groups in total. The molecule has 0 saturated heterocycles. The molecule has 7 nitrogen and oxygen atoms in total. The molecule has 0 saturated carbocycles. The first-order chi connectivity index (χ1) is 9.49. The molecule has 0 radical (unpaired) electrons. The molecule has 7 heteroatoms. The molecular formula is C14H28N2O5. The lowest BCUT2D eigenvalue weighted by atomic mass is 10.2. The van der Waals surface area contributed by atoms with Crippen LogP contribution in [-0.4, -0.2) is 49.7 Å². The number of ether oxygens (including phenoxy) is 3. The van der Waals surface area contributed by atoms with Crippen LogP contribution in [0.1, 0.15) is 41.5 Å². The lowest BCUT2D eigenvalue weighted by molar-refractivity contribution is 0.0483. The lowest BCUT2D eigenvalue weighted by Gasteiger charge is -2.20. The van der Waals surface area contributed by atoms with Crippen LogP contribution in [0.25, 0.3) is 0 Å². The molecule has 0 aliphatic rings. The first kappa shape index (κ1) is 19.5. The third-order valence-corrected chi connectivity index (χ3v) is 1.83. The highest BCUT2D eigenvalue weighted by molar-refractivity contribution is 5.67. The van der Waals surface area contributed by atoms with Crippen molar-refractivity contribution < 1.29 is 23.8 Å². The summed E-state index contributed by atoms with van der Waals surface area (Å²) in [5.74, 6) is 0. The van der Waals surface area contributed by atoms with Crippen molar-refractivity contribution in [2.75, 3.05) is 26.3 Å². The van der Waals surface area contributed by atoms with E-state index in [-0.39, 0.29) is 0 Å². The summed E-state index contributed by atoms with van der Waals surface area (Å²) in [6.07, 6.45) is -0.948. The summed E-state index contributed by atoms with van der Waals surface area (Å²) in [5, 5.41) is 5.14. The molecule has 0 atom stereocenters. The Balaban J connectivity index is 3.49. The zero-order valence-electron chi connectivity index (χ0n) is 13.9. The number of carbonyl (C=O) groups is 2. The van der Waals surface area contributed by atoms with Crippen molar-refractivity contribution in [1.29, 1.82) is 0 Å². The Morgan fingerprint density at radius 1 is 0.762 bits per heavy atom. The number of amides is 2. The molecule has 0 rings (SSSR count). The monoisotopic (exact) mass is 304 g/mol. The fourth-order valence-corrected chi connectivity index (χ4v) is 1.18. The van der Waals surface area contributed by atoms with Gasteiger partial charge in [0.25, 0.3) is 0 Å². The third kappa shape index (κ3) is 14.7. The molecule has 2 amide bonds. The van der Waals surface area contributed by atoms with Crippen molar-refractivity contribution in [2.45, 2.75) is 52.7 Å². The highest BCUT2D eigenvalue weighted by atomic mass is 16.6. The molecule has 0 aliphatic carbocycles. The molecule has 0 aromatic carbocycles. The highest BCUT2D eigenvalue weighted by Crippen LogP contribution is 2.06. The zero-order chi connectivity index (χ0) is 16.5. The van der Waals surface area contributed by atoms with Gasteiger partial charge in [-0.05, 0) is 41.5 Å². The second kappa shape index (κ2) is 8.71. The van der Waals surface area contributed by atoms with E-state index in [2.05, 4.69) is 10.6 Å². The van der Waals surface area contributed by atoms with E-state index in [1.54, 1.807) is 41.5 Å². The Kier molecular flexibility index (Phi) is 8.09. The molecule has 0 spiro atoms. The van der Waals surface area contributed by atoms with Crippen molar-refractivity contribution in [3.05, 3.63) is 0 Å². The van der Waals surface area contributed by atoms with Crippen LogP contribution >= 0.6 is 0 Å². The zero-order valence-corrected chi connectivity index (χ0v) is 13.9. The van der Waals surface area contributed by atoms with Crippen molar-refractivity contribution >= 4 is 12.2 Å². The molecule has 0 aromatic rings. The first-order valence-corrected chi connectivity index (χ1v) is 7.01. The molecule has 0 bridgehead atoms. The van der Waals surface area contributed by atoms with E-state index in [0.29, 0.717) is 26.3 Å². The van der Waals surface area contributed by atoms with Gasteiger partial charge >= 0.3 is 12.2 Å². The molecule has 0 aromatic heterocycles. The van der Waals surface area contributed by atoms with Gasteiger partial charge in [-0.2, -0.15) is 0 Å². The largest absolute Gasteiger partial charge is 0.444 e. The van der Waals surface area contributed by atoms with Crippen molar-refractivity contribution in [3.8, 4) is 0 Å². The summed E-state index contributed by atoms with van der Waals surface area (Å²) in [6.45, 7) is 12.2. The number of alkyl carbamates (subject to hydrolysis) is 2. The Labute approximate surface area is 126 Å². The smallest absolute Gasteiger partial charge is 0.407 e. The fraction of sp³-hybridized carbons (Fsp3) is 0.857. The minimum Gasteiger partial charge on any atom is -0.444 e. The van der Waals surface area contributed by atoms with Crippen molar-refractivity contribution in [3.63, 3.8) is 0 Å². The first-order valence-electron chi connectivity index (χ1n) is 7.01. The maximum Gasteiger partial charge on any atom is 0.407 e. The van der Waals surface area contributed by atoms with Crippen LogP contribution in [0.4, 0.5) is 9.59 Å². The predicted molar refractivity (Wildman–Crippen MR) is 79.3 cm³/mol. The number of hydrogen-bond donors (Lipinski definition) is 2. The van der Waals surface area contributed by atoms with E-state index in [0.717, 1.165) is 0 Å². The third-order valence-electron chi connectivity index (χ3n) is 1.83. The summed E-state index contributed by atoms with van der Waals surface area (Å²) < 4.78 is 15.4. The second-order valence-electron chi connectivity index (χ2n) is 6.47. The minimum atomic E-state index is -0.512. The molecule has 0 aliphatic heterocycles. The summed E-state index contributed by atoms with van der Waals surface area (Å²) in [7, 11) is 0. The fourth-order valence-electron chi connectivity index (χ4n) is 1.18. The Hall–Kier alpha value is -1.50. The van der Waals surface area contributed by atoms with Gasteiger partial charge < -0.3 is 24.8 Å². The number of rotatable bonds is 6. The van der Waals surface area contributed by atoms with Crippen LogP contribution in [0.3, 0.4) is 0 Å². The minimum absolute atomic E-state index is 0.343. The average Bonchev–Trinajstić information content (AvgIpc) is 2.22. The maximum atomic E-state index is 11.3. The predicted octanol–water partition coefficient (Wildman–Crippen LogP) is 2.05. The van der Waals surface area contributed by atoms with Gasteiger partial charge in [-0.1, -0.05) is 0 Å². The Morgan fingerprint density at radius 2 is 1.10 bits per heavy atom. The lowest BCUT2D eigenvalue weighted by Crippen LogP contribution is -2.35. The molecule has 124 valence electrons. The van der Waals surface area contributed by atoms with E-state index in [1.165, 1.54) is 0 Å². The van der Waals surface area contributed by atoms with Gasteiger partial charge in [0.2, 0.25) is 0 Å². The van der Waals surface area contributed by atoms with Crippen LogP contribution in [0, 0.1) is 0 Å².